The molecule has 6 heteroatoms. The number of nitrogens with one attached hydrogen (secondary N) is 1. The number of aliphatic imine (C=N–C) groups is 1. The first kappa shape index (κ1) is 18.2. The van der Waals surface area contributed by atoms with Crippen LogP contribution in [0.4, 0.5) is 0 Å². The third-order valence-corrected chi connectivity index (χ3v) is 4.80. The minimum Gasteiger partial charge on any atom is -0.466 e. The van der Waals surface area contributed by atoms with Gasteiger partial charge in [0, 0.05) is 31.7 Å². The summed E-state index contributed by atoms with van der Waals surface area (Å²) in [5, 5.41) is 5.75. The van der Waals surface area contributed by atoms with Gasteiger partial charge in [0.15, 0.2) is 5.96 Å². The van der Waals surface area contributed by atoms with E-state index in [1.165, 1.54) is 5.39 Å². The number of guanidine groups is 1. The van der Waals surface area contributed by atoms with Gasteiger partial charge in [-0.25, -0.2) is 0 Å². The fourth-order valence-corrected chi connectivity index (χ4v) is 3.41. The number of hydrogen-bond acceptors (Lipinski definition) is 4. The lowest BCUT2D eigenvalue weighted by Gasteiger charge is -2.33. The molecule has 0 unspecified atom stereocenters. The second kappa shape index (κ2) is 8.65. The predicted molar refractivity (Wildman–Crippen MR) is 103 cm³/mol. The summed E-state index contributed by atoms with van der Waals surface area (Å²) in [5.74, 6) is 0.779. The van der Waals surface area contributed by atoms with Crippen molar-refractivity contribution in [3.63, 3.8) is 0 Å². The van der Waals surface area contributed by atoms with E-state index in [1.807, 2.05) is 31.3 Å². The average Bonchev–Trinajstić information content (AvgIpc) is 2.69. The molecule has 0 spiro atoms. The van der Waals surface area contributed by atoms with Gasteiger partial charge in [-0.3, -0.25) is 14.8 Å². The molecule has 1 N–H and O–H groups in total. The maximum absolute atomic E-state index is 11.9. The van der Waals surface area contributed by atoms with Crippen molar-refractivity contribution in [2.24, 2.45) is 10.9 Å². The van der Waals surface area contributed by atoms with E-state index < -0.39 is 0 Å². The van der Waals surface area contributed by atoms with E-state index >= 15 is 0 Å². The molecule has 1 aromatic heterocycles. The summed E-state index contributed by atoms with van der Waals surface area (Å²) in [6.45, 7) is 4.50. The zero-order valence-electron chi connectivity index (χ0n) is 15.4. The van der Waals surface area contributed by atoms with Crippen LogP contribution in [0.15, 0.2) is 41.5 Å². The van der Waals surface area contributed by atoms with Crippen molar-refractivity contribution in [1.29, 1.82) is 0 Å². The van der Waals surface area contributed by atoms with Gasteiger partial charge in [0.25, 0.3) is 0 Å². The highest BCUT2D eigenvalue weighted by molar-refractivity contribution is 5.85. The fourth-order valence-electron chi connectivity index (χ4n) is 3.41. The van der Waals surface area contributed by atoms with E-state index in [4.69, 9.17) is 4.74 Å². The third-order valence-electron chi connectivity index (χ3n) is 4.80. The second-order valence-electron chi connectivity index (χ2n) is 6.39. The van der Waals surface area contributed by atoms with E-state index in [0.29, 0.717) is 13.2 Å². The number of aromatic nitrogens is 1. The standard InChI is InChI=1S/C20H26N4O2/c1-3-26-19(25)16-9-12-24(13-10-16)20(21-2)23-14-18-17-7-5-4-6-15(17)8-11-22-18/h4-8,11,16H,3,9-10,12-14H2,1-2H3,(H,21,23). The average molecular weight is 354 g/mol. The van der Waals surface area contributed by atoms with E-state index in [-0.39, 0.29) is 11.9 Å². The molecule has 3 rings (SSSR count). The first-order valence-electron chi connectivity index (χ1n) is 9.17. The van der Waals surface area contributed by atoms with Crippen LogP contribution in [-0.4, -0.2) is 48.6 Å². The molecule has 0 atom stereocenters. The Kier molecular flexibility index (Phi) is 6.04. The van der Waals surface area contributed by atoms with E-state index in [0.717, 1.165) is 43.0 Å². The second-order valence-corrected chi connectivity index (χ2v) is 6.39. The Balaban J connectivity index is 1.60. The quantitative estimate of drug-likeness (QED) is 0.519. The molecular formula is C20H26N4O2. The van der Waals surface area contributed by atoms with Crippen molar-refractivity contribution in [3.8, 4) is 0 Å². The van der Waals surface area contributed by atoms with Crippen LogP contribution in [-0.2, 0) is 16.1 Å². The van der Waals surface area contributed by atoms with Gasteiger partial charge in [0.1, 0.15) is 0 Å². The summed E-state index contributed by atoms with van der Waals surface area (Å²) in [5.41, 5.74) is 1.01. The monoisotopic (exact) mass is 354 g/mol. The molecule has 2 heterocycles. The topological polar surface area (TPSA) is 66.8 Å². The molecular weight excluding hydrogens is 328 g/mol. The summed E-state index contributed by atoms with van der Waals surface area (Å²) >= 11 is 0. The van der Waals surface area contributed by atoms with Crippen LogP contribution in [0.1, 0.15) is 25.5 Å². The maximum Gasteiger partial charge on any atom is 0.309 e. The normalized spacial score (nSPS) is 15.9. The Morgan fingerprint density at radius 1 is 1.31 bits per heavy atom. The van der Waals surface area contributed by atoms with Crippen molar-refractivity contribution >= 4 is 22.7 Å². The zero-order valence-corrected chi connectivity index (χ0v) is 15.4. The summed E-state index contributed by atoms with van der Waals surface area (Å²) in [4.78, 5) is 23.0. The number of pyridine rings is 1. The summed E-state index contributed by atoms with van der Waals surface area (Å²) in [7, 11) is 1.79. The Labute approximate surface area is 154 Å². The molecule has 0 bridgehead atoms. The van der Waals surface area contributed by atoms with Gasteiger partial charge < -0.3 is 15.0 Å². The number of benzene rings is 1. The minimum absolute atomic E-state index is 0.00374. The van der Waals surface area contributed by atoms with E-state index in [9.17, 15) is 4.79 Å². The zero-order chi connectivity index (χ0) is 18.4. The number of carbonyl (C=O) groups excluding carboxylic acids is 1. The number of likely N-dealkylation sites (tertiary alicyclic amines) is 1. The summed E-state index contributed by atoms with van der Waals surface area (Å²) < 4.78 is 5.14. The number of piperidine rings is 1. The minimum atomic E-state index is -0.0740. The molecule has 2 aromatic rings. The maximum atomic E-state index is 11.9. The summed E-state index contributed by atoms with van der Waals surface area (Å²) in [6, 6.07) is 10.3. The largest absolute Gasteiger partial charge is 0.466 e. The molecule has 26 heavy (non-hydrogen) atoms. The van der Waals surface area contributed by atoms with Crippen LogP contribution in [0.5, 0.6) is 0 Å². The van der Waals surface area contributed by atoms with Crippen LogP contribution < -0.4 is 5.32 Å². The van der Waals surface area contributed by atoms with Crippen LogP contribution in [0.25, 0.3) is 10.8 Å². The van der Waals surface area contributed by atoms with Gasteiger partial charge in [-0.2, -0.15) is 0 Å². The predicted octanol–water partition coefficient (Wildman–Crippen LogP) is 2.59. The van der Waals surface area contributed by atoms with Crippen LogP contribution >= 0.6 is 0 Å². The van der Waals surface area contributed by atoms with Gasteiger partial charge in [-0.15, -0.1) is 0 Å². The number of hydrogen-bond donors (Lipinski definition) is 1. The number of rotatable bonds is 4. The molecule has 1 aliphatic heterocycles. The van der Waals surface area contributed by atoms with E-state index in [2.05, 4.69) is 32.3 Å². The lowest BCUT2D eigenvalue weighted by molar-refractivity contribution is -0.149. The molecule has 1 fully saturated rings. The van der Waals surface area contributed by atoms with Gasteiger partial charge in [-0.1, -0.05) is 24.3 Å². The molecule has 0 radical (unpaired) electrons. The fraction of sp³-hybridized carbons (Fsp3) is 0.450. The first-order valence-corrected chi connectivity index (χ1v) is 9.17. The highest BCUT2D eigenvalue weighted by Gasteiger charge is 2.27. The van der Waals surface area contributed by atoms with Crippen LogP contribution in [0.3, 0.4) is 0 Å². The smallest absolute Gasteiger partial charge is 0.309 e. The van der Waals surface area contributed by atoms with Gasteiger partial charge in [0.2, 0.25) is 0 Å². The van der Waals surface area contributed by atoms with E-state index in [1.54, 1.807) is 7.05 Å². The molecule has 0 amide bonds. The lowest BCUT2D eigenvalue weighted by atomic mass is 9.97. The Hall–Kier alpha value is -2.63. The number of carbonyl (C=O) groups is 1. The Morgan fingerprint density at radius 3 is 2.81 bits per heavy atom. The van der Waals surface area contributed by atoms with Crippen LogP contribution in [0, 0.1) is 5.92 Å². The molecule has 1 aromatic carbocycles. The van der Waals surface area contributed by atoms with Crippen molar-refractivity contribution in [2.45, 2.75) is 26.3 Å². The number of fused-ring (bicyclic) bond motifs is 1. The van der Waals surface area contributed by atoms with Gasteiger partial charge >= 0.3 is 5.97 Å². The molecule has 1 saturated heterocycles. The molecule has 6 nitrogen and oxygen atoms in total. The highest BCUT2D eigenvalue weighted by atomic mass is 16.5. The molecule has 0 saturated carbocycles. The SMILES string of the molecule is CCOC(=O)C1CCN(C(=NC)NCc2nccc3ccccc23)CC1. The molecule has 138 valence electrons. The van der Waals surface area contributed by atoms with Gasteiger partial charge in [0.05, 0.1) is 24.8 Å². The Morgan fingerprint density at radius 2 is 2.08 bits per heavy atom. The number of esters is 1. The van der Waals surface area contributed by atoms with Gasteiger partial charge in [-0.05, 0) is 31.2 Å². The lowest BCUT2D eigenvalue weighted by Crippen LogP contribution is -2.46. The Bertz CT molecular complexity index is 777. The molecule has 0 aliphatic carbocycles. The van der Waals surface area contributed by atoms with Crippen LogP contribution in [0.2, 0.25) is 0 Å². The number of nitrogens with zero attached hydrogens (tertiary/aromatic N) is 3. The third kappa shape index (κ3) is 4.12. The first-order chi connectivity index (χ1) is 12.7. The number of ether oxygens (including phenoxy) is 1. The van der Waals surface area contributed by atoms with Crippen molar-refractivity contribution < 1.29 is 9.53 Å². The summed E-state index contributed by atoms with van der Waals surface area (Å²) in [6.07, 6.45) is 3.44. The van der Waals surface area contributed by atoms with Crippen molar-refractivity contribution in [1.82, 2.24) is 15.2 Å². The molecule has 1 aliphatic rings. The van der Waals surface area contributed by atoms with Crippen molar-refractivity contribution in [2.75, 3.05) is 26.7 Å². The van der Waals surface area contributed by atoms with Crippen molar-refractivity contribution in [3.05, 3.63) is 42.2 Å². The highest BCUT2D eigenvalue weighted by Crippen LogP contribution is 2.19.